The molecule has 0 amide bonds. The molecule has 0 aromatic rings. The van der Waals surface area contributed by atoms with Crippen LogP contribution in [0.3, 0.4) is 0 Å². The molecule has 2 nitrogen and oxygen atoms in total. The van der Waals surface area contributed by atoms with Crippen molar-refractivity contribution in [1.82, 2.24) is 0 Å². The molecular weight excluding hydrogens is 476 g/mol. The summed E-state index contributed by atoms with van der Waals surface area (Å²) in [6, 6.07) is 0. The number of fused-ring (bicyclic) bond motifs is 5. The zero-order chi connectivity index (χ0) is 26.8. The van der Waals surface area contributed by atoms with Gasteiger partial charge in [-0.05, 0) is 97.7 Å². The fourth-order valence-electron chi connectivity index (χ4n) is 9.68. The number of alkyl halides is 1. The van der Waals surface area contributed by atoms with Crippen LogP contribution in [0.2, 0.25) is 0 Å². The smallest absolute Gasteiger partial charge is 0.324 e. The van der Waals surface area contributed by atoms with Crippen LogP contribution >= 0.6 is 11.6 Å². The number of ether oxygens (including phenoxy) is 1. The van der Waals surface area contributed by atoms with E-state index in [4.69, 9.17) is 16.3 Å². The number of hydrogen-bond acceptors (Lipinski definition) is 2. The van der Waals surface area contributed by atoms with Gasteiger partial charge in [0.05, 0.1) is 0 Å². The average molecular weight is 533 g/mol. The van der Waals surface area contributed by atoms with Gasteiger partial charge >= 0.3 is 5.97 Å². The summed E-state index contributed by atoms with van der Waals surface area (Å²) in [5, 5.41) is -0.483. The van der Waals surface area contributed by atoms with Crippen LogP contribution in [0.25, 0.3) is 0 Å². The number of carbonyl (C=O) groups is 1. The molecule has 212 valence electrons. The maximum atomic E-state index is 12.6. The lowest BCUT2D eigenvalue weighted by atomic mass is 9.47. The largest absolute Gasteiger partial charge is 0.461 e. The predicted molar refractivity (Wildman–Crippen MR) is 157 cm³/mol. The van der Waals surface area contributed by atoms with E-state index >= 15 is 0 Å². The van der Waals surface area contributed by atoms with Gasteiger partial charge in [0.15, 0.2) is 0 Å². The number of hydrogen-bond donors (Lipinski definition) is 0. The van der Waals surface area contributed by atoms with E-state index in [1.807, 2.05) is 0 Å². The summed E-state index contributed by atoms with van der Waals surface area (Å²) in [4.78, 5) is 12.6. The van der Waals surface area contributed by atoms with Gasteiger partial charge in [0.2, 0.25) is 0 Å². The Kier molecular flexibility index (Phi) is 9.84. The highest BCUT2D eigenvalue weighted by atomic mass is 35.5. The first-order valence-electron chi connectivity index (χ1n) is 16.1. The molecule has 3 fully saturated rings. The van der Waals surface area contributed by atoms with Gasteiger partial charge in [-0.25, -0.2) is 0 Å². The maximum Gasteiger partial charge on any atom is 0.324 e. The third kappa shape index (κ3) is 6.15. The molecule has 0 N–H and O–H groups in total. The molecule has 0 saturated heterocycles. The zero-order valence-corrected chi connectivity index (χ0v) is 25.8. The van der Waals surface area contributed by atoms with Crippen molar-refractivity contribution < 1.29 is 9.53 Å². The van der Waals surface area contributed by atoms with Crippen LogP contribution in [0.15, 0.2) is 11.6 Å². The van der Waals surface area contributed by atoms with Crippen molar-refractivity contribution in [3.05, 3.63) is 11.6 Å². The second-order valence-electron chi connectivity index (χ2n) is 14.6. The lowest BCUT2D eigenvalue weighted by molar-refractivity contribution is -0.151. The Labute approximate surface area is 234 Å². The van der Waals surface area contributed by atoms with Crippen LogP contribution in [0.5, 0.6) is 0 Å². The standard InChI is InChI=1S/C34H57ClO2/c1-7-8-9-13-31(35)32(36)37-26-18-20-33(5)25(22-26)14-15-27-29-17-16-28(24(4)12-10-11-23(2)3)34(29,6)21-19-30(27)33/h14,23-24,26-31H,7-13,15-22H2,1-6H3/t24-,26+,27-,28+,29-,30-,31+,33+,34-/m1/s1. The lowest BCUT2D eigenvalue weighted by Crippen LogP contribution is -2.51. The minimum atomic E-state index is -0.483. The highest BCUT2D eigenvalue weighted by molar-refractivity contribution is 6.29. The van der Waals surface area contributed by atoms with Crippen molar-refractivity contribution in [2.24, 2.45) is 46.3 Å². The number of carbonyl (C=O) groups excluding carboxylic acids is 1. The van der Waals surface area contributed by atoms with E-state index in [2.05, 4.69) is 47.6 Å². The number of halogens is 1. The highest BCUT2D eigenvalue weighted by Crippen LogP contribution is 2.67. The molecule has 9 atom stereocenters. The summed E-state index contributed by atoms with van der Waals surface area (Å²) in [5.74, 6) is 4.99. The fraction of sp³-hybridized carbons (Fsp3) is 0.912. The van der Waals surface area contributed by atoms with E-state index in [0.717, 1.165) is 74.0 Å². The summed E-state index contributed by atoms with van der Waals surface area (Å²) in [5.41, 5.74) is 2.44. The van der Waals surface area contributed by atoms with Gasteiger partial charge in [0.25, 0.3) is 0 Å². The number of allylic oxidation sites excluding steroid dienone is 1. The monoisotopic (exact) mass is 532 g/mol. The molecule has 0 unspecified atom stereocenters. The Bertz CT molecular complexity index is 804. The lowest BCUT2D eigenvalue weighted by Gasteiger charge is -2.58. The van der Waals surface area contributed by atoms with Crippen molar-refractivity contribution in [2.75, 3.05) is 0 Å². The summed E-state index contributed by atoms with van der Waals surface area (Å²) in [6.07, 6.45) is 20.9. The summed E-state index contributed by atoms with van der Waals surface area (Å²) >= 11 is 6.39. The molecule has 4 aliphatic carbocycles. The SMILES string of the molecule is CCCCC[C@H](Cl)C(=O)O[C@H]1CC[C@@]2(C)C(=CC[C@@H]3[C@H]4CC[C@@H]([C@H](C)CCCC(C)C)[C@@]4(C)CC[C@H]32)C1. The second-order valence-corrected chi connectivity index (χ2v) is 15.1. The summed E-state index contributed by atoms with van der Waals surface area (Å²) in [7, 11) is 0. The van der Waals surface area contributed by atoms with Crippen LogP contribution in [0, 0.1) is 46.3 Å². The van der Waals surface area contributed by atoms with Crippen LogP contribution in [0.4, 0.5) is 0 Å². The van der Waals surface area contributed by atoms with Crippen molar-refractivity contribution in [1.29, 1.82) is 0 Å². The van der Waals surface area contributed by atoms with Gasteiger partial charge in [0, 0.05) is 6.42 Å². The van der Waals surface area contributed by atoms with E-state index in [9.17, 15) is 4.79 Å². The van der Waals surface area contributed by atoms with Crippen LogP contribution in [0.1, 0.15) is 138 Å². The number of unbranched alkanes of at least 4 members (excludes halogenated alkanes) is 2. The van der Waals surface area contributed by atoms with Gasteiger partial charge in [-0.3, -0.25) is 4.79 Å². The normalized spacial score (nSPS) is 38.8. The molecule has 4 rings (SSSR count). The van der Waals surface area contributed by atoms with Crippen molar-refractivity contribution in [3.8, 4) is 0 Å². The van der Waals surface area contributed by atoms with Crippen molar-refractivity contribution >= 4 is 17.6 Å². The minimum Gasteiger partial charge on any atom is -0.461 e. The van der Waals surface area contributed by atoms with E-state index in [1.54, 1.807) is 5.57 Å². The molecule has 4 aliphatic rings. The Morgan fingerprint density at radius 2 is 1.78 bits per heavy atom. The molecule has 0 aromatic heterocycles. The van der Waals surface area contributed by atoms with Crippen molar-refractivity contribution in [2.45, 2.75) is 149 Å². The van der Waals surface area contributed by atoms with Gasteiger partial charge in [0.1, 0.15) is 11.5 Å². The van der Waals surface area contributed by atoms with Crippen LogP contribution in [-0.4, -0.2) is 17.5 Å². The second kappa shape index (κ2) is 12.3. The Morgan fingerprint density at radius 3 is 2.51 bits per heavy atom. The summed E-state index contributed by atoms with van der Waals surface area (Å²) in [6.45, 7) is 14.7. The molecule has 0 aromatic carbocycles. The molecule has 37 heavy (non-hydrogen) atoms. The van der Waals surface area contributed by atoms with E-state index in [-0.39, 0.29) is 12.1 Å². The first-order chi connectivity index (χ1) is 17.6. The first-order valence-corrected chi connectivity index (χ1v) is 16.6. The van der Waals surface area contributed by atoms with Crippen LogP contribution < -0.4 is 0 Å². The third-order valence-corrected chi connectivity index (χ3v) is 12.3. The molecule has 0 bridgehead atoms. The third-order valence-electron chi connectivity index (χ3n) is 11.9. The molecule has 0 aliphatic heterocycles. The van der Waals surface area contributed by atoms with Gasteiger partial charge in [-0.2, -0.15) is 0 Å². The van der Waals surface area contributed by atoms with Crippen LogP contribution in [-0.2, 0) is 9.53 Å². The fourth-order valence-corrected chi connectivity index (χ4v) is 9.89. The Hall–Kier alpha value is -0.500. The maximum absolute atomic E-state index is 12.6. The zero-order valence-electron chi connectivity index (χ0n) is 25.0. The minimum absolute atomic E-state index is 0.0206. The summed E-state index contributed by atoms with van der Waals surface area (Å²) < 4.78 is 5.97. The topological polar surface area (TPSA) is 26.3 Å². The van der Waals surface area contributed by atoms with E-state index < -0.39 is 5.38 Å². The van der Waals surface area contributed by atoms with Gasteiger partial charge in [-0.1, -0.05) is 91.7 Å². The quantitative estimate of drug-likeness (QED) is 0.114. The first kappa shape index (κ1) is 29.5. The van der Waals surface area contributed by atoms with Gasteiger partial charge in [-0.15, -0.1) is 11.6 Å². The molecule has 0 spiro atoms. The Morgan fingerprint density at radius 1 is 1.00 bits per heavy atom. The average Bonchev–Trinajstić information content (AvgIpc) is 3.21. The highest BCUT2D eigenvalue weighted by Gasteiger charge is 2.59. The number of rotatable bonds is 11. The van der Waals surface area contributed by atoms with Gasteiger partial charge < -0.3 is 4.74 Å². The molecule has 0 radical (unpaired) electrons. The van der Waals surface area contributed by atoms with E-state index in [0.29, 0.717) is 10.8 Å². The molecule has 3 saturated carbocycles. The van der Waals surface area contributed by atoms with E-state index in [1.165, 1.54) is 57.8 Å². The molecular formula is C34H57ClO2. The predicted octanol–water partition coefficient (Wildman–Crippen LogP) is 10.1. The molecule has 0 heterocycles. The van der Waals surface area contributed by atoms with Crippen molar-refractivity contribution in [3.63, 3.8) is 0 Å². The molecule has 3 heteroatoms. The number of esters is 1. The Balaban J connectivity index is 1.38.